The number of hydrogen-bond donors (Lipinski definition) is 1. The van der Waals surface area contributed by atoms with Gasteiger partial charge in [0.15, 0.2) is 0 Å². The molecule has 0 atom stereocenters. The molecule has 1 aromatic carbocycles. The summed E-state index contributed by atoms with van der Waals surface area (Å²) >= 11 is 1.53. The van der Waals surface area contributed by atoms with Crippen molar-refractivity contribution in [2.75, 3.05) is 0 Å². The van der Waals surface area contributed by atoms with Crippen LogP contribution in [0.5, 0.6) is 0 Å². The zero-order chi connectivity index (χ0) is 10.8. The molecule has 14 heavy (non-hydrogen) atoms. The molecule has 0 aromatic heterocycles. The first-order valence-electron chi connectivity index (χ1n) is 4.60. The van der Waals surface area contributed by atoms with Gasteiger partial charge in [0, 0.05) is 16.2 Å². The van der Waals surface area contributed by atoms with Crippen molar-refractivity contribution in [1.82, 2.24) is 0 Å². The number of rotatable bonds is 2. The minimum Gasteiger partial charge on any atom is -0.326 e. The Morgan fingerprint density at radius 2 is 2.00 bits per heavy atom. The molecule has 0 fully saturated rings. The van der Waals surface area contributed by atoms with E-state index in [1.54, 1.807) is 6.07 Å². The lowest BCUT2D eigenvalue weighted by Crippen LogP contribution is -2.07. The molecule has 0 saturated heterocycles. The fourth-order valence-electron chi connectivity index (χ4n) is 1.08. The lowest BCUT2D eigenvalue weighted by atomic mass is 10.2. The summed E-state index contributed by atoms with van der Waals surface area (Å²) in [5.41, 5.74) is 6.26. The van der Waals surface area contributed by atoms with Crippen LogP contribution in [0.15, 0.2) is 23.1 Å². The topological polar surface area (TPSA) is 26.0 Å². The summed E-state index contributed by atoms with van der Waals surface area (Å²) < 4.78 is 13.5. The Labute approximate surface area is 88.9 Å². The van der Waals surface area contributed by atoms with Gasteiger partial charge in [-0.2, -0.15) is 0 Å². The van der Waals surface area contributed by atoms with Crippen molar-refractivity contribution in [2.45, 2.75) is 37.0 Å². The van der Waals surface area contributed by atoms with Crippen LogP contribution < -0.4 is 5.73 Å². The Kier molecular flexibility index (Phi) is 3.56. The fourth-order valence-corrected chi connectivity index (χ4v) is 2.04. The van der Waals surface area contributed by atoms with Gasteiger partial charge in [0.1, 0.15) is 5.82 Å². The summed E-state index contributed by atoms with van der Waals surface area (Å²) in [6.45, 7) is 6.58. The molecule has 2 N–H and O–H groups in total. The highest BCUT2D eigenvalue weighted by Gasteiger charge is 2.14. The Morgan fingerprint density at radius 3 is 2.43 bits per heavy atom. The van der Waals surface area contributed by atoms with E-state index in [0.29, 0.717) is 11.4 Å². The van der Waals surface area contributed by atoms with E-state index in [2.05, 4.69) is 20.8 Å². The van der Waals surface area contributed by atoms with Crippen LogP contribution >= 0.6 is 11.8 Å². The lowest BCUT2D eigenvalue weighted by molar-refractivity contribution is 0.598. The van der Waals surface area contributed by atoms with Crippen molar-refractivity contribution in [3.63, 3.8) is 0 Å². The monoisotopic (exact) mass is 213 g/mol. The van der Waals surface area contributed by atoms with Crippen molar-refractivity contribution < 1.29 is 4.39 Å². The van der Waals surface area contributed by atoms with Crippen molar-refractivity contribution in [3.8, 4) is 0 Å². The van der Waals surface area contributed by atoms with Crippen LogP contribution in [0.3, 0.4) is 0 Å². The molecule has 0 radical (unpaired) electrons. The molecule has 0 aliphatic carbocycles. The Bertz CT molecular complexity index is 318. The van der Waals surface area contributed by atoms with E-state index in [0.717, 1.165) is 5.56 Å². The second kappa shape index (κ2) is 4.32. The summed E-state index contributed by atoms with van der Waals surface area (Å²) in [6.07, 6.45) is 0. The highest BCUT2D eigenvalue weighted by atomic mass is 32.2. The van der Waals surface area contributed by atoms with Crippen LogP contribution in [0.4, 0.5) is 4.39 Å². The van der Waals surface area contributed by atoms with Crippen LogP contribution in [0, 0.1) is 5.82 Å². The van der Waals surface area contributed by atoms with Gasteiger partial charge in [-0.15, -0.1) is 11.8 Å². The van der Waals surface area contributed by atoms with Gasteiger partial charge in [-0.3, -0.25) is 0 Å². The molecule has 78 valence electrons. The van der Waals surface area contributed by atoms with E-state index in [-0.39, 0.29) is 10.6 Å². The first-order chi connectivity index (χ1) is 6.42. The van der Waals surface area contributed by atoms with Gasteiger partial charge < -0.3 is 5.73 Å². The lowest BCUT2D eigenvalue weighted by Gasteiger charge is -2.18. The SMILES string of the molecule is CC(C)(C)Sc1ccc(CN)cc1F. The summed E-state index contributed by atoms with van der Waals surface area (Å²) in [6, 6.07) is 5.18. The zero-order valence-corrected chi connectivity index (χ0v) is 9.62. The Morgan fingerprint density at radius 1 is 1.36 bits per heavy atom. The normalized spacial score (nSPS) is 11.8. The summed E-state index contributed by atoms with van der Waals surface area (Å²) in [4.78, 5) is 0.690. The molecular weight excluding hydrogens is 197 g/mol. The van der Waals surface area contributed by atoms with Gasteiger partial charge in [0.05, 0.1) is 0 Å². The van der Waals surface area contributed by atoms with Gasteiger partial charge in [-0.05, 0) is 17.7 Å². The minimum absolute atomic E-state index is 0.0328. The molecule has 0 aliphatic rings. The average Bonchev–Trinajstić information content (AvgIpc) is 2.06. The molecule has 0 bridgehead atoms. The van der Waals surface area contributed by atoms with Crippen LogP contribution in [-0.2, 0) is 6.54 Å². The molecule has 0 aliphatic heterocycles. The molecule has 3 heteroatoms. The number of benzene rings is 1. The highest BCUT2D eigenvalue weighted by molar-refractivity contribution is 8.00. The molecule has 1 rings (SSSR count). The van der Waals surface area contributed by atoms with Crippen LogP contribution in [-0.4, -0.2) is 4.75 Å². The van der Waals surface area contributed by atoms with Crippen molar-refractivity contribution in [2.24, 2.45) is 5.73 Å². The standard InChI is InChI=1S/C11H16FNS/c1-11(2,3)14-10-5-4-8(7-13)6-9(10)12/h4-6H,7,13H2,1-3H3. The Balaban J connectivity index is 2.89. The Hall–Kier alpha value is -0.540. The number of thioether (sulfide) groups is 1. The van der Waals surface area contributed by atoms with Gasteiger partial charge in [-0.1, -0.05) is 26.8 Å². The van der Waals surface area contributed by atoms with E-state index < -0.39 is 0 Å². The third-order valence-electron chi connectivity index (χ3n) is 1.65. The van der Waals surface area contributed by atoms with Crippen LogP contribution in [0.2, 0.25) is 0 Å². The van der Waals surface area contributed by atoms with Crippen molar-refractivity contribution in [1.29, 1.82) is 0 Å². The quantitative estimate of drug-likeness (QED) is 0.764. The molecule has 0 saturated carbocycles. The third-order valence-corrected chi connectivity index (χ3v) is 2.81. The molecule has 0 amide bonds. The van der Waals surface area contributed by atoms with E-state index in [1.807, 2.05) is 6.07 Å². The van der Waals surface area contributed by atoms with E-state index in [4.69, 9.17) is 5.73 Å². The number of hydrogen-bond acceptors (Lipinski definition) is 2. The predicted molar refractivity (Wildman–Crippen MR) is 59.9 cm³/mol. The summed E-state index contributed by atoms with van der Waals surface area (Å²) in [7, 11) is 0. The van der Waals surface area contributed by atoms with Crippen LogP contribution in [0.25, 0.3) is 0 Å². The van der Waals surface area contributed by atoms with E-state index >= 15 is 0 Å². The van der Waals surface area contributed by atoms with Gasteiger partial charge >= 0.3 is 0 Å². The zero-order valence-electron chi connectivity index (χ0n) is 8.80. The maximum absolute atomic E-state index is 13.5. The van der Waals surface area contributed by atoms with Gasteiger partial charge in [-0.25, -0.2) is 4.39 Å². The highest BCUT2D eigenvalue weighted by Crippen LogP contribution is 2.33. The second-order valence-electron chi connectivity index (χ2n) is 4.18. The number of halogens is 1. The summed E-state index contributed by atoms with van der Waals surface area (Å²) in [5.74, 6) is -0.173. The van der Waals surface area contributed by atoms with Crippen LogP contribution in [0.1, 0.15) is 26.3 Å². The maximum atomic E-state index is 13.5. The van der Waals surface area contributed by atoms with E-state index in [1.165, 1.54) is 17.8 Å². The molecular formula is C11H16FNS. The first kappa shape index (κ1) is 11.5. The van der Waals surface area contributed by atoms with Gasteiger partial charge in [0.2, 0.25) is 0 Å². The first-order valence-corrected chi connectivity index (χ1v) is 5.41. The fraction of sp³-hybridized carbons (Fsp3) is 0.455. The maximum Gasteiger partial charge on any atom is 0.137 e. The predicted octanol–water partition coefficient (Wildman–Crippen LogP) is 3.18. The molecule has 0 spiro atoms. The molecule has 1 aromatic rings. The molecule has 0 heterocycles. The number of nitrogens with two attached hydrogens (primary N) is 1. The largest absolute Gasteiger partial charge is 0.326 e. The smallest absolute Gasteiger partial charge is 0.137 e. The molecule has 0 unspecified atom stereocenters. The second-order valence-corrected chi connectivity index (χ2v) is 6.05. The van der Waals surface area contributed by atoms with Crippen molar-refractivity contribution >= 4 is 11.8 Å². The summed E-state index contributed by atoms with van der Waals surface area (Å²) in [5, 5.41) is 0. The average molecular weight is 213 g/mol. The van der Waals surface area contributed by atoms with Crippen molar-refractivity contribution in [3.05, 3.63) is 29.6 Å². The third kappa shape index (κ3) is 3.31. The van der Waals surface area contributed by atoms with E-state index in [9.17, 15) is 4.39 Å². The minimum atomic E-state index is -0.173. The molecule has 1 nitrogen and oxygen atoms in total. The van der Waals surface area contributed by atoms with Gasteiger partial charge in [0.25, 0.3) is 0 Å².